The van der Waals surface area contributed by atoms with Gasteiger partial charge in [-0.05, 0) is 26.2 Å². The van der Waals surface area contributed by atoms with E-state index in [9.17, 15) is 33.9 Å². The third kappa shape index (κ3) is 13.0. The Hall–Kier alpha value is -3.99. The molecule has 0 aromatic rings. The number of carboxylic acid groups (broad SMARTS) is 2. The van der Waals surface area contributed by atoms with Gasteiger partial charge in [-0.2, -0.15) is 0 Å². The highest BCUT2D eigenvalue weighted by atomic mass is 16.4. The van der Waals surface area contributed by atoms with Gasteiger partial charge in [-0.3, -0.25) is 29.0 Å². The molecule has 4 amide bonds. The van der Waals surface area contributed by atoms with Gasteiger partial charge in [-0.15, -0.1) is 0 Å². The maximum atomic E-state index is 12.9. The summed E-state index contributed by atoms with van der Waals surface area (Å²) in [6.45, 7) is 1.19. The lowest BCUT2D eigenvalue weighted by atomic mass is 10.1. The van der Waals surface area contributed by atoms with Gasteiger partial charge in [0.2, 0.25) is 23.6 Å². The number of hydrogen-bond donors (Lipinski definition) is 10. The number of carboxylic acids is 2. The van der Waals surface area contributed by atoms with Gasteiger partial charge in [-0.1, -0.05) is 0 Å². The van der Waals surface area contributed by atoms with E-state index in [-0.39, 0.29) is 25.3 Å². The summed E-state index contributed by atoms with van der Waals surface area (Å²) in [6, 6.07) is -5.96. The minimum atomic E-state index is -1.73. The number of nitrogens with two attached hydrogens (primary N) is 4. The zero-order valence-corrected chi connectivity index (χ0v) is 19.7. The lowest BCUT2D eigenvalue weighted by Gasteiger charge is -2.25. The summed E-state index contributed by atoms with van der Waals surface area (Å²) in [5, 5.41) is 34.3. The Morgan fingerprint density at radius 3 is 1.86 bits per heavy atom. The van der Waals surface area contributed by atoms with E-state index in [2.05, 4.69) is 15.6 Å². The Labute approximate surface area is 206 Å². The number of nitrogens with one attached hydrogen (secondary N) is 3. The van der Waals surface area contributed by atoms with Crippen molar-refractivity contribution in [1.29, 1.82) is 0 Å². The summed E-state index contributed by atoms with van der Waals surface area (Å²) < 4.78 is 0. The highest BCUT2D eigenvalue weighted by Crippen LogP contribution is 2.05. The van der Waals surface area contributed by atoms with E-state index in [4.69, 9.17) is 33.1 Å². The molecule has 204 valence electrons. The fraction of sp³-hybridized carbons (Fsp3) is 0.632. The van der Waals surface area contributed by atoms with Crippen LogP contribution < -0.4 is 38.9 Å². The Morgan fingerprint density at radius 1 is 0.861 bits per heavy atom. The van der Waals surface area contributed by atoms with Crippen molar-refractivity contribution >= 4 is 41.5 Å². The molecule has 17 heteroatoms. The van der Waals surface area contributed by atoms with Crippen molar-refractivity contribution in [3.8, 4) is 0 Å². The molecule has 0 aromatic carbocycles. The second-order valence-electron chi connectivity index (χ2n) is 7.85. The van der Waals surface area contributed by atoms with Crippen LogP contribution in [-0.2, 0) is 28.8 Å². The number of rotatable bonds is 17. The van der Waals surface area contributed by atoms with Gasteiger partial charge in [-0.25, -0.2) is 4.79 Å². The zero-order chi connectivity index (χ0) is 28.0. The predicted molar refractivity (Wildman–Crippen MR) is 124 cm³/mol. The van der Waals surface area contributed by atoms with Crippen molar-refractivity contribution in [2.24, 2.45) is 27.9 Å². The molecule has 0 fully saturated rings. The molecule has 0 aliphatic carbocycles. The molecule has 0 aromatic heterocycles. The summed E-state index contributed by atoms with van der Waals surface area (Å²) in [7, 11) is 0. The van der Waals surface area contributed by atoms with Gasteiger partial charge < -0.3 is 54.2 Å². The summed E-state index contributed by atoms with van der Waals surface area (Å²) in [6.07, 6.45) is -2.90. The molecule has 0 saturated carbocycles. The quantitative estimate of drug-likeness (QED) is 0.0491. The van der Waals surface area contributed by atoms with Crippen LogP contribution in [0.2, 0.25) is 0 Å². The summed E-state index contributed by atoms with van der Waals surface area (Å²) in [5.74, 6) is -6.84. The third-order valence-corrected chi connectivity index (χ3v) is 4.66. The third-order valence-electron chi connectivity index (χ3n) is 4.66. The smallest absolute Gasteiger partial charge is 0.328 e. The predicted octanol–water partition coefficient (Wildman–Crippen LogP) is -4.97. The second kappa shape index (κ2) is 15.8. The number of nitrogens with zero attached hydrogens (tertiary/aromatic N) is 1. The first-order chi connectivity index (χ1) is 16.6. The van der Waals surface area contributed by atoms with Crippen LogP contribution in [0.5, 0.6) is 0 Å². The van der Waals surface area contributed by atoms with E-state index in [1.165, 1.54) is 0 Å². The van der Waals surface area contributed by atoms with E-state index >= 15 is 0 Å². The van der Waals surface area contributed by atoms with Gasteiger partial charge >= 0.3 is 11.9 Å². The van der Waals surface area contributed by atoms with E-state index in [1.807, 2.05) is 5.32 Å². The maximum Gasteiger partial charge on any atom is 0.328 e. The molecule has 0 bridgehead atoms. The van der Waals surface area contributed by atoms with Crippen LogP contribution in [0.15, 0.2) is 4.99 Å². The average molecular weight is 519 g/mol. The Balaban J connectivity index is 5.69. The number of aliphatic imine (C=N–C) groups is 1. The van der Waals surface area contributed by atoms with Crippen LogP contribution in [0.4, 0.5) is 0 Å². The summed E-state index contributed by atoms with van der Waals surface area (Å²) in [5.41, 5.74) is 21.1. The minimum absolute atomic E-state index is 0.0592. The molecular formula is C19H34N8O9. The average Bonchev–Trinajstić information content (AvgIpc) is 2.75. The maximum absolute atomic E-state index is 12.9. The number of carbonyl (C=O) groups is 6. The number of aliphatic carboxylic acids is 2. The van der Waals surface area contributed by atoms with Gasteiger partial charge in [0.05, 0.1) is 18.6 Å². The van der Waals surface area contributed by atoms with Crippen molar-refractivity contribution in [1.82, 2.24) is 16.0 Å². The molecule has 14 N–H and O–H groups in total. The Bertz CT molecular complexity index is 845. The minimum Gasteiger partial charge on any atom is -0.481 e. The molecule has 5 atom stereocenters. The molecule has 0 aliphatic heterocycles. The van der Waals surface area contributed by atoms with E-state index in [0.717, 1.165) is 6.92 Å². The molecule has 0 spiro atoms. The number of aliphatic hydroxyl groups is 1. The number of hydrogen-bond acceptors (Lipinski definition) is 9. The van der Waals surface area contributed by atoms with Gasteiger partial charge in [0.25, 0.3) is 0 Å². The number of guanidine groups is 1. The first kappa shape index (κ1) is 32.0. The van der Waals surface area contributed by atoms with E-state index in [0.29, 0.717) is 0 Å². The van der Waals surface area contributed by atoms with Crippen molar-refractivity contribution in [3.05, 3.63) is 0 Å². The Kier molecular flexibility index (Phi) is 14.1. The molecule has 0 rings (SSSR count). The highest BCUT2D eigenvalue weighted by molar-refractivity contribution is 5.95. The van der Waals surface area contributed by atoms with Crippen molar-refractivity contribution < 1.29 is 44.1 Å². The normalized spacial score (nSPS) is 14.8. The van der Waals surface area contributed by atoms with Crippen LogP contribution in [0.3, 0.4) is 0 Å². The van der Waals surface area contributed by atoms with Gasteiger partial charge in [0.15, 0.2) is 12.0 Å². The summed E-state index contributed by atoms with van der Waals surface area (Å²) >= 11 is 0. The molecule has 0 heterocycles. The molecule has 0 saturated heterocycles. The van der Waals surface area contributed by atoms with Crippen LogP contribution in [0.25, 0.3) is 0 Å². The summed E-state index contributed by atoms with van der Waals surface area (Å²) in [4.78, 5) is 74.9. The zero-order valence-electron chi connectivity index (χ0n) is 19.7. The lowest BCUT2D eigenvalue weighted by molar-refractivity contribution is -0.145. The topological polar surface area (TPSA) is 316 Å². The van der Waals surface area contributed by atoms with Crippen LogP contribution in [0, 0.1) is 0 Å². The van der Waals surface area contributed by atoms with Gasteiger partial charge in [0, 0.05) is 13.0 Å². The van der Waals surface area contributed by atoms with Crippen LogP contribution in [0.1, 0.15) is 39.0 Å². The van der Waals surface area contributed by atoms with E-state index < -0.39 is 85.1 Å². The molecule has 0 aliphatic rings. The first-order valence-electron chi connectivity index (χ1n) is 10.8. The fourth-order valence-corrected chi connectivity index (χ4v) is 2.81. The number of aliphatic hydroxyl groups excluding tert-OH is 1. The van der Waals surface area contributed by atoms with Crippen LogP contribution in [-0.4, -0.2) is 93.7 Å². The molecule has 17 nitrogen and oxygen atoms in total. The van der Waals surface area contributed by atoms with Gasteiger partial charge in [0.1, 0.15) is 12.1 Å². The Morgan fingerprint density at radius 2 is 1.39 bits per heavy atom. The molecule has 36 heavy (non-hydrogen) atoms. The highest BCUT2D eigenvalue weighted by Gasteiger charge is 2.32. The molecule has 0 radical (unpaired) electrons. The monoisotopic (exact) mass is 518 g/mol. The SMILES string of the molecule is CC(O)C(NC(=O)C(CCC(=O)O)NC(=O)C(CCCN=C(N)N)NC(=O)C(N)CC(N)=O)C(=O)O. The lowest BCUT2D eigenvalue weighted by Crippen LogP contribution is -2.58. The molecule has 5 unspecified atom stereocenters. The first-order valence-corrected chi connectivity index (χ1v) is 10.8. The fourth-order valence-electron chi connectivity index (χ4n) is 2.81. The number of amides is 4. The van der Waals surface area contributed by atoms with E-state index in [1.54, 1.807) is 0 Å². The van der Waals surface area contributed by atoms with Crippen molar-refractivity contribution in [3.63, 3.8) is 0 Å². The van der Waals surface area contributed by atoms with Crippen LogP contribution >= 0.6 is 0 Å². The number of primary amides is 1. The number of carbonyl (C=O) groups excluding carboxylic acids is 4. The van der Waals surface area contributed by atoms with Crippen molar-refractivity contribution in [2.75, 3.05) is 6.54 Å². The largest absolute Gasteiger partial charge is 0.481 e. The van der Waals surface area contributed by atoms with Crippen molar-refractivity contribution in [2.45, 2.75) is 69.3 Å². The standard InChI is InChI=1S/C19H34N8O9/c1-8(28)14(18(35)36)27-17(34)11(4-5-13(30)31)26-16(33)10(3-2-6-24-19(22)23)25-15(32)9(20)7-12(21)29/h8-11,14,28H,2-7,20H2,1H3,(H2,21,29)(H,25,32)(H,26,33)(H,27,34)(H,30,31)(H,35,36)(H4,22,23,24). The molecular weight excluding hydrogens is 484 g/mol. The second-order valence-corrected chi connectivity index (χ2v) is 7.85.